The van der Waals surface area contributed by atoms with Gasteiger partial charge in [0.2, 0.25) is 0 Å². The van der Waals surface area contributed by atoms with Crippen LogP contribution in [-0.2, 0) is 14.8 Å². The molecular weight excluding hydrogens is 312 g/mol. The normalized spacial score (nSPS) is 20.0. The Kier molecular flexibility index (Phi) is 4.16. The smallest absolute Gasteiger partial charge is 0.260 e. The van der Waals surface area contributed by atoms with Crippen molar-refractivity contribution in [2.24, 2.45) is 0 Å². The van der Waals surface area contributed by atoms with Crippen LogP contribution in [-0.4, -0.2) is 44.1 Å². The number of ether oxygens (including phenoxy) is 1. The van der Waals surface area contributed by atoms with Crippen LogP contribution in [0.1, 0.15) is 19.3 Å². The van der Waals surface area contributed by atoms with Crippen molar-refractivity contribution in [1.29, 1.82) is 0 Å². The number of fused-ring (bicyclic) bond motifs is 1. The summed E-state index contributed by atoms with van der Waals surface area (Å²) in [5, 5.41) is 4.80. The van der Waals surface area contributed by atoms with E-state index < -0.39 is 10.0 Å². The van der Waals surface area contributed by atoms with E-state index in [0.29, 0.717) is 23.9 Å². The Labute approximate surface area is 127 Å². The largest absolute Gasteiger partial charge is 0.377 e. The molecular formula is C12H18N4O3S2. The van der Waals surface area contributed by atoms with Gasteiger partial charge < -0.3 is 10.1 Å². The lowest BCUT2D eigenvalue weighted by molar-refractivity contribution is 0.0200. The molecule has 0 radical (unpaired) electrons. The van der Waals surface area contributed by atoms with Crippen LogP contribution in [0.4, 0.5) is 5.82 Å². The van der Waals surface area contributed by atoms with Crippen LogP contribution in [0.5, 0.6) is 0 Å². The zero-order chi connectivity index (χ0) is 14.9. The van der Waals surface area contributed by atoms with E-state index in [-0.39, 0.29) is 11.1 Å². The molecule has 2 aromatic rings. The first-order valence-electron chi connectivity index (χ1n) is 6.86. The van der Waals surface area contributed by atoms with Gasteiger partial charge >= 0.3 is 0 Å². The Hall–Kier alpha value is -1.16. The third-order valence-electron chi connectivity index (χ3n) is 3.48. The Morgan fingerprint density at radius 1 is 1.52 bits per heavy atom. The SMILES string of the molecule is CNc1nc2sccn2c1S(=O)(=O)NCC1CCCCO1. The van der Waals surface area contributed by atoms with E-state index in [9.17, 15) is 8.42 Å². The molecule has 21 heavy (non-hydrogen) atoms. The molecule has 3 rings (SSSR count). The molecule has 116 valence electrons. The number of sulfonamides is 1. The quantitative estimate of drug-likeness (QED) is 0.863. The highest BCUT2D eigenvalue weighted by molar-refractivity contribution is 7.89. The molecule has 1 unspecified atom stereocenters. The number of nitrogens with zero attached hydrogens (tertiary/aromatic N) is 2. The Morgan fingerprint density at radius 2 is 2.38 bits per heavy atom. The van der Waals surface area contributed by atoms with Crippen molar-refractivity contribution in [3.63, 3.8) is 0 Å². The highest BCUT2D eigenvalue weighted by atomic mass is 32.2. The van der Waals surface area contributed by atoms with Crippen molar-refractivity contribution in [2.75, 3.05) is 25.5 Å². The summed E-state index contributed by atoms with van der Waals surface area (Å²) in [6.07, 6.45) is 4.68. The van der Waals surface area contributed by atoms with Crippen LogP contribution in [0.25, 0.3) is 4.96 Å². The van der Waals surface area contributed by atoms with Crippen molar-refractivity contribution in [3.05, 3.63) is 11.6 Å². The molecule has 1 aliphatic rings. The monoisotopic (exact) mass is 330 g/mol. The minimum absolute atomic E-state index is 0.0440. The fourth-order valence-electron chi connectivity index (χ4n) is 2.42. The number of imidazole rings is 1. The first-order valence-corrected chi connectivity index (χ1v) is 9.22. The molecule has 2 N–H and O–H groups in total. The zero-order valence-corrected chi connectivity index (χ0v) is 13.3. The molecule has 0 aromatic carbocycles. The molecule has 0 spiro atoms. The Morgan fingerprint density at radius 3 is 3.10 bits per heavy atom. The maximum Gasteiger partial charge on any atom is 0.260 e. The lowest BCUT2D eigenvalue weighted by Gasteiger charge is -2.22. The molecule has 1 aliphatic heterocycles. The van der Waals surface area contributed by atoms with E-state index in [4.69, 9.17) is 4.74 Å². The summed E-state index contributed by atoms with van der Waals surface area (Å²) in [6.45, 7) is 0.998. The average molecular weight is 330 g/mol. The average Bonchev–Trinajstić information content (AvgIpc) is 3.06. The van der Waals surface area contributed by atoms with Crippen molar-refractivity contribution in [3.8, 4) is 0 Å². The van der Waals surface area contributed by atoms with Gasteiger partial charge in [0.25, 0.3) is 10.0 Å². The predicted molar refractivity (Wildman–Crippen MR) is 81.4 cm³/mol. The number of nitrogens with one attached hydrogen (secondary N) is 2. The summed E-state index contributed by atoms with van der Waals surface area (Å²) in [5.41, 5.74) is 0. The summed E-state index contributed by atoms with van der Waals surface area (Å²) in [6, 6.07) is 0. The summed E-state index contributed by atoms with van der Waals surface area (Å²) in [4.78, 5) is 4.92. The van der Waals surface area contributed by atoms with E-state index in [1.807, 2.05) is 5.38 Å². The lowest BCUT2D eigenvalue weighted by Crippen LogP contribution is -2.36. The highest BCUT2D eigenvalue weighted by Gasteiger charge is 2.26. The van der Waals surface area contributed by atoms with Gasteiger partial charge in [-0.15, -0.1) is 11.3 Å². The maximum absolute atomic E-state index is 12.6. The van der Waals surface area contributed by atoms with Crippen LogP contribution in [0.2, 0.25) is 0 Å². The number of anilines is 1. The summed E-state index contributed by atoms with van der Waals surface area (Å²) in [7, 11) is -1.98. The van der Waals surface area contributed by atoms with Gasteiger partial charge in [0.15, 0.2) is 15.8 Å². The molecule has 0 saturated carbocycles. The number of aromatic nitrogens is 2. The molecule has 0 bridgehead atoms. The fraction of sp³-hybridized carbons (Fsp3) is 0.583. The molecule has 7 nitrogen and oxygen atoms in total. The van der Waals surface area contributed by atoms with Gasteiger partial charge in [-0.2, -0.15) is 0 Å². The second-order valence-electron chi connectivity index (χ2n) is 4.91. The Balaban J connectivity index is 1.83. The van der Waals surface area contributed by atoms with Crippen molar-refractivity contribution < 1.29 is 13.2 Å². The number of rotatable bonds is 5. The molecule has 3 heterocycles. The van der Waals surface area contributed by atoms with Crippen LogP contribution in [0.3, 0.4) is 0 Å². The number of hydrogen-bond acceptors (Lipinski definition) is 6. The third kappa shape index (κ3) is 2.91. The van der Waals surface area contributed by atoms with Gasteiger partial charge in [-0.3, -0.25) is 4.40 Å². The van der Waals surface area contributed by atoms with Crippen LogP contribution in [0, 0.1) is 0 Å². The Bertz CT molecular complexity index is 716. The number of thiazole rings is 1. The second kappa shape index (κ2) is 5.91. The summed E-state index contributed by atoms with van der Waals surface area (Å²) in [5.74, 6) is 0.360. The van der Waals surface area contributed by atoms with Gasteiger partial charge in [0.05, 0.1) is 6.10 Å². The van der Waals surface area contributed by atoms with E-state index in [1.165, 1.54) is 11.3 Å². The molecule has 9 heteroatoms. The minimum atomic E-state index is -3.64. The topological polar surface area (TPSA) is 84.7 Å². The van der Waals surface area contributed by atoms with Crippen molar-refractivity contribution in [1.82, 2.24) is 14.1 Å². The van der Waals surface area contributed by atoms with Gasteiger partial charge in [0.1, 0.15) is 0 Å². The molecule has 1 saturated heterocycles. The predicted octanol–water partition coefficient (Wildman–Crippen LogP) is 1.28. The minimum Gasteiger partial charge on any atom is -0.377 e. The van der Waals surface area contributed by atoms with Gasteiger partial charge in [-0.05, 0) is 19.3 Å². The number of hydrogen-bond donors (Lipinski definition) is 2. The highest BCUT2D eigenvalue weighted by Crippen LogP contribution is 2.25. The van der Waals surface area contributed by atoms with Gasteiger partial charge in [-0.1, -0.05) is 0 Å². The van der Waals surface area contributed by atoms with Crippen molar-refractivity contribution >= 4 is 32.1 Å². The second-order valence-corrected chi connectivity index (χ2v) is 7.47. The lowest BCUT2D eigenvalue weighted by atomic mass is 10.1. The van der Waals surface area contributed by atoms with Crippen LogP contribution in [0.15, 0.2) is 16.6 Å². The van der Waals surface area contributed by atoms with E-state index in [1.54, 1.807) is 17.6 Å². The van der Waals surface area contributed by atoms with Crippen LogP contribution < -0.4 is 10.0 Å². The van der Waals surface area contributed by atoms with E-state index >= 15 is 0 Å². The van der Waals surface area contributed by atoms with Gasteiger partial charge in [-0.25, -0.2) is 18.1 Å². The van der Waals surface area contributed by atoms with Crippen molar-refractivity contribution in [2.45, 2.75) is 30.4 Å². The van der Waals surface area contributed by atoms with Gasteiger partial charge in [0, 0.05) is 31.8 Å². The first kappa shape index (κ1) is 14.8. The fourth-order valence-corrected chi connectivity index (χ4v) is 4.55. The summed E-state index contributed by atoms with van der Waals surface area (Å²) < 4.78 is 34.9. The maximum atomic E-state index is 12.6. The molecule has 1 fully saturated rings. The van der Waals surface area contributed by atoms with E-state index in [0.717, 1.165) is 19.3 Å². The van der Waals surface area contributed by atoms with Crippen LogP contribution >= 0.6 is 11.3 Å². The summed E-state index contributed by atoms with van der Waals surface area (Å²) >= 11 is 1.39. The third-order valence-corrected chi connectivity index (χ3v) is 5.69. The zero-order valence-electron chi connectivity index (χ0n) is 11.7. The first-order chi connectivity index (χ1) is 10.1. The standard InChI is InChI=1S/C12H18N4O3S2/c1-13-10-11(16-5-7-20-12(16)15-10)21(17,18)14-8-9-4-2-3-6-19-9/h5,7,9,13-14H,2-4,6,8H2,1H3. The molecule has 0 amide bonds. The van der Waals surface area contributed by atoms with E-state index in [2.05, 4.69) is 15.0 Å². The molecule has 2 aromatic heterocycles. The molecule has 1 atom stereocenters. The molecule has 0 aliphatic carbocycles.